The van der Waals surface area contributed by atoms with Gasteiger partial charge in [0.05, 0.1) is 18.1 Å². The third-order valence-corrected chi connectivity index (χ3v) is 4.49. The van der Waals surface area contributed by atoms with Gasteiger partial charge < -0.3 is 15.4 Å². The predicted octanol–water partition coefficient (Wildman–Crippen LogP) is -0.0987. The SMILES string of the molecule is Nc1cccc(S(=O)(=O)CC(=O)N2CCOCC2)c1. The van der Waals surface area contributed by atoms with Crippen molar-refractivity contribution in [3.05, 3.63) is 24.3 Å². The lowest BCUT2D eigenvalue weighted by atomic mass is 10.3. The molecule has 0 bridgehead atoms. The average molecular weight is 284 g/mol. The number of hydrogen-bond donors (Lipinski definition) is 1. The van der Waals surface area contributed by atoms with Gasteiger partial charge in [-0.25, -0.2) is 8.42 Å². The molecule has 1 aromatic rings. The zero-order chi connectivity index (χ0) is 13.9. The van der Waals surface area contributed by atoms with Gasteiger partial charge in [0.2, 0.25) is 5.91 Å². The number of rotatable bonds is 3. The molecular formula is C12H16N2O4S. The van der Waals surface area contributed by atoms with Crippen LogP contribution in [0.4, 0.5) is 5.69 Å². The van der Waals surface area contributed by atoms with E-state index >= 15 is 0 Å². The van der Waals surface area contributed by atoms with E-state index < -0.39 is 21.5 Å². The number of nitrogens with zero attached hydrogens (tertiary/aromatic N) is 1. The second kappa shape index (κ2) is 5.58. The van der Waals surface area contributed by atoms with Crippen LogP contribution in [-0.4, -0.2) is 51.3 Å². The standard InChI is InChI=1S/C12H16N2O4S/c13-10-2-1-3-11(8-10)19(16,17)9-12(15)14-4-6-18-7-5-14/h1-3,8H,4-7,9,13H2. The summed E-state index contributed by atoms with van der Waals surface area (Å²) in [6.07, 6.45) is 0. The Morgan fingerprint density at radius 3 is 2.63 bits per heavy atom. The summed E-state index contributed by atoms with van der Waals surface area (Å²) in [5.74, 6) is -0.929. The van der Waals surface area contributed by atoms with Gasteiger partial charge in [-0.3, -0.25) is 4.79 Å². The summed E-state index contributed by atoms with van der Waals surface area (Å²) in [5, 5.41) is 0. The van der Waals surface area contributed by atoms with E-state index in [1.165, 1.54) is 17.0 Å². The Labute approximate surface area is 112 Å². The van der Waals surface area contributed by atoms with Crippen LogP contribution in [-0.2, 0) is 19.4 Å². The maximum absolute atomic E-state index is 12.1. The average Bonchev–Trinajstić information content (AvgIpc) is 2.39. The fourth-order valence-corrected chi connectivity index (χ4v) is 3.13. The minimum atomic E-state index is -3.64. The van der Waals surface area contributed by atoms with Crippen LogP contribution in [0.3, 0.4) is 0 Å². The van der Waals surface area contributed by atoms with E-state index in [1.54, 1.807) is 12.1 Å². The first-order valence-electron chi connectivity index (χ1n) is 5.93. The molecule has 0 atom stereocenters. The number of carbonyl (C=O) groups excluding carboxylic acids is 1. The molecule has 0 saturated carbocycles. The zero-order valence-electron chi connectivity index (χ0n) is 10.4. The molecule has 7 heteroatoms. The molecule has 1 amide bonds. The van der Waals surface area contributed by atoms with Crippen LogP contribution < -0.4 is 5.73 Å². The quantitative estimate of drug-likeness (QED) is 0.783. The predicted molar refractivity (Wildman–Crippen MR) is 70.3 cm³/mol. The third-order valence-electron chi connectivity index (χ3n) is 2.89. The van der Waals surface area contributed by atoms with Gasteiger partial charge in [0.1, 0.15) is 5.75 Å². The maximum Gasteiger partial charge on any atom is 0.238 e. The minimum absolute atomic E-state index is 0.0779. The van der Waals surface area contributed by atoms with Crippen LogP contribution in [0.15, 0.2) is 29.2 Å². The molecule has 2 rings (SSSR count). The second-order valence-corrected chi connectivity index (χ2v) is 6.31. The van der Waals surface area contributed by atoms with Gasteiger partial charge in [-0.05, 0) is 18.2 Å². The van der Waals surface area contributed by atoms with Crippen molar-refractivity contribution in [3.8, 4) is 0 Å². The van der Waals surface area contributed by atoms with E-state index in [1.807, 2.05) is 0 Å². The van der Waals surface area contributed by atoms with Gasteiger partial charge in [0, 0.05) is 18.8 Å². The lowest BCUT2D eigenvalue weighted by molar-refractivity contribution is -0.132. The number of ether oxygens (including phenoxy) is 1. The molecule has 0 aromatic heterocycles. The molecule has 1 aliphatic rings. The summed E-state index contributed by atoms with van der Waals surface area (Å²) in [6.45, 7) is 1.77. The van der Waals surface area contributed by atoms with Crippen molar-refractivity contribution in [1.82, 2.24) is 4.90 Å². The molecular weight excluding hydrogens is 268 g/mol. The topological polar surface area (TPSA) is 89.7 Å². The zero-order valence-corrected chi connectivity index (χ0v) is 11.2. The van der Waals surface area contributed by atoms with E-state index in [0.29, 0.717) is 32.0 Å². The van der Waals surface area contributed by atoms with Crippen LogP contribution in [0.5, 0.6) is 0 Å². The highest BCUT2D eigenvalue weighted by atomic mass is 32.2. The van der Waals surface area contributed by atoms with E-state index in [2.05, 4.69) is 0 Å². The first kappa shape index (κ1) is 13.8. The van der Waals surface area contributed by atoms with Gasteiger partial charge >= 0.3 is 0 Å². The van der Waals surface area contributed by atoms with Gasteiger partial charge in [-0.1, -0.05) is 6.07 Å². The monoisotopic (exact) mass is 284 g/mol. The third kappa shape index (κ3) is 3.45. The molecule has 1 saturated heterocycles. The molecule has 0 radical (unpaired) electrons. The fourth-order valence-electron chi connectivity index (χ4n) is 1.86. The van der Waals surface area contributed by atoms with Crippen molar-refractivity contribution < 1.29 is 17.9 Å². The Bertz CT molecular complexity index is 565. The molecule has 1 heterocycles. The molecule has 19 heavy (non-hydrogen) atoms. The number of carbonyl (C=O) groups is 1. The Kier molecular flexibility index (Phi) is 4.06. The molecule has 0 aliphatic carbocycles. The largest absolute Gasteiger partial charge is 0.399 e. The van der Waals surface area contributed by atoms with Gasteiger partial charge in [0.25, 0.3) is 0 Å². The molecule has 0 unspecified atom stereocenters. The van der Waals surface area contributed by atoms with Crippen molar-refractivity contribution in [2.75, 3.05) is 37.8 Å². The summed E-state index contributed by atoms with van der Waals surface area (Å²) in [5.41, 5.74) is 5.91. The number of anilines is 1. The minimum Gasteiger partial charge on any atom is -0.399 e. The summed E-state index contributed by atoms with van der Waals surface area (Å²) in [7, 11) is -3.64. The van der Waals surface area contributed by atoms with Crippen LogP contribution >= 0.6 is 0 Å². The summed E-state index contributed by atoms with van der Waals surface area (Å²) in [4.78, 5) is 13.5. The number of nitrogen functional groups attached to an aromatic ring is 1. The van der Waals surface area contributed by atoms with E-state index in [9.17, 15) is 13.2 Å². The van der Waals surface area contributed by atoms with Crippen molar-refractivity contribution in [2.24, 2.45) is 0 Å². The Balaban J connectivity index is 2.10. The summed E-state index contributed by atoms with van der Waals surface area (Å²) in [6, 6.07) is 5.96. The highest BCUT2D eigenvalue weighted by molar-refractivity contribution is 7.92. The number of hydrogen-bond acceptors (Lipinski definition) is 5. The van der Waals surface area contributed by atoms with Gasteiger partial charge in [0.15, 0.2) is 9.84 Å². The van der Waals surface area contributed by atoms with E-state index in [0.717, 1.165) is 0 Å². The summed E-state index contributed by atoms with van der Waals surface area (Å²) < 4.78 is 29.3. The molecule has 0 spiro atoms. The first-order valence-corrected chi connectivity index (χ1v) is 7.58. The number of sulfone groups is 1. The van der Waals surface area contributed by atoms with E-state index in [-0.39, 0.29) is 4.90 Å². The summed E-state index contributed by atoms with van der Waals surface area (Å²) >= 11 is 0. The van der Waals surface area contributed by atoms with Gasteiger partial charge in [-0.15, -0.1) is 0 Å². The van der Waals surface area contributed by atoms with Crippen LogP contribution in [0.1, 0.15) is 0 Å². The molecule has 104 valence electrons. The van der Waals surface area contributed by atoms with Crippen LogP contribution in [0, 0.1) is 0 Å². The molecule has 1 aliphatic heterocycles. The number of morpholine rings is 1. The Morgan fingerprint density at radius 1 is 1.32 bits per heavy atom. The number of benzene rings is 1. The molecule has 2 N–H and O–H groups in total. The maximum atomic E-state index is 12.1. The molecule has 1 fully saturated rings. The molecule has 1 aromatic carbocycles. The lowest BCUT2D eigenvalue weighted by Crippen LogP contribution is -2.43. The van der Waals surface area contributed by atoms with Crippen molar-refractivity contribution >= 4 is 21.4 Å². The van der Waals surface area contributed by atoms with Gasteiger partial charge in [-0.2, -0.15) is 0 Å². The lowest BCUT2D eigenvalue weighted by Gasteiger charge is -2.26. The fraction of sp³-hybridized carbons (Fsp3) is 0.417. The first-order chi connectivity index (χ1) is 8.99. The van der Waals surface area contributed by atoms with Crippen LogP contribution in [0.2, 0.25) is 0 Å². The highest BCUT2D eigenvalue weighted by Gasteiger charge is 2.24. The molecule has 6 nitrogen and oxygen atoms in total. The van der Waals surface area contributed by atoms with Crippen molar-refractivity contribution in [1.29, 1.82) is 0 Å². The van der Waals surface area contributed by atoms with E-state index in [4.69, 9.17) is 10.5 Å². The Morgan fingerprint density at radius 2 is 2.00 bits per heavy atom. The normalized spacial score (nSPS) is 16.3. The second-order valence-electron chi connectivity index (χ2n) is 4.32. The van der Waals surface area contributed by atoms with Crippen LogP contribution in [0.25, 0.3) is 0 Å². The van der Waals surface area contributed by atoms with Crippen molar-refractivity contribution in [3.63, 3.8) is 0 Å². The highest BCUT2D eigenvalue weighted by Crippen LogP contribution is 2.15. The number of nitrogens with two attached hydrogens (primary N) is 1. The smallest absolute Gasteiger partial charge is 0.238 e. The Hall–Kier alpha value is -1.60. The number of amides is 1. The van der Waals surface area contributed by atoms with Crippen molar-refractivity contribution in [2.45, 2.75) is 4.90 Å².